The minimum Gasteiger partial charge on any atom is -0.478 e. The van der Waals surface area contributed by atoms with Gasteiger partial charge in [-0.05, 0) is 43.2 Å². The molecule has 0 radical (unpaired) electrons. The Morgan fingerprint density at radius 3 is 2.26 bits per heavy atom. The Labute approximate surface area is 135 Å². The van der Waals surface area contributed by atoms with Crippen molar-refractivity contribution in [3.05, 3.63) is 58.7 Å². The molecule has 1 amide bonds. The monoisotopic (exact) mass is 312 g/mol. The highest BCUT2D eigenvalue weighted by Gasteiger charge is 2.17. The lowest BCUT2D eigenvalue weighted by molar-refractivity contribution is 0.0697. The highest BCUT2D eigenvalue weighted by Crippen LogP contribution is 2.29. The molecule has 0 bridgehead atoms. The molecule has 2 rings (SSSR count). The van der Waals surface area contributed by atoms with Gasteiger partial charge in [-0.2, -0.15) is 0 Å². The van der Waals surface area contributed by atoms with E-state index in [2.05, 4.69) is 5.32 Å². The van der Waals surface area contributed by atoms with E-state index in [-0.39, 0.29) is 11.5 Å². The fraction of sp³-hybridized carbons (Fsp3) is 0.222. The Kier molecular flexibility index (Phi) is 4.69. The predicted molar refractivity (Wildman–Crippen MR) is 90.6 cm³/mol. The van der Waals surface area contributed by atoms with Gasteiger partial charge in [0, 0.05) is 25.3 Å². The topological polar surface area (TPSA) is 69.6 Å². The number of nitrogens with one attached hydrogen (secondary N) is 1. The number of hydrogen-bond acceptors (Lipinski definition) is 3. The van der Waals surface area contributed by atoms with Crippen LogP contribution < -0.4 is 5.32 Å². The Balaban J connectivity index is 2.51. The first-order chi connectivity index (χ1) is 10.8. The van der Waals surface area contributed by atoms with Gasteiger partial charge in [0.1, 0.15) is 0 Å². The van der Waals surface area contributed by atoms with E-state index >= 15 is 0 Å². The molecular weight excluding hydrogens is 292 g/mol. The maximum absolute atomic E-state index is 12.3. The van der Waals surface area contributed by atoms with Crippen molar-refractivity contribution in [1.29, 1.82) is 0 Å². The van der Waals surface area contributed by atoms with Crippen molar-refractivity contribution >= 4 is 23.3 Å². The van der Waals surface area contributed by atoms with Crippen LogP contribution in [0.1, 0.15) is 31.8 Å². The van der Waals surface area contributed by atoms with E-state index in [1.54, 1.807) is 44.4 Å². The summed E-state index contributed by atoms with van der Waals surface area (Å²) in [6, 6.07) is 10.4. The molecule has 5 heteroatoms. The number of carboxylic acids is 1. The van der Waals surface area contributed by atoms with E-state index in [1.165, 1.54) is 4.90 Å². The number of carbonyl (C=O) groups excluding carboxylic acids is 1. The molecule has 0 aliphatic carbocycles. The average molecular weight is 312 g/mol. The van der Waals surface area contributed by atoms with Crippen molar-refractivity contribution in [3.8, 4) is 0 Å². The summed E-state index contributed by atoms with van der Waals surface area (Å²) >= 11 is 0. The van der Waals surface area contributed by atoms with Gasteiger partial charge in [-0.1, -0.05) is 18.2 Å². The molecule has 2 aromatic rings. The zero-order valence-electron chi connectivity index (χ0n) is 13.7. The molecule has 120 valence electrons. The molecule has 0 aliphatic heterocycles. The SMILES string of the molecule is Cc1ccc(C(=O)N(C)C)c(C)c1Nc1ccccc1C(=O)O. The third-order valence-corrected chi connectivity index (χ3v) is 3.73. The lowest BCUT2D eigenvalue weighted by Gasteiger charge is -2.19. The summed E-state index contributed by atoms with van der Waals surface area (Å²) in [5, 5.41) is 12.5. The summed E-state index contributed by atoms with van der Waals surface area (Å²) in [6.07, 6.45) is 0. The largest absolute Gasteiger partial charge is 0.478 e. The van der Waals surface area contributed by atoms with Crippen LogP contribution in [0.25, 0.3) is 0 Å². The van der Waals surface area contributed by atoms with Gasteiger partial charge in [0.2, 0.25) is 0 Å². The first kappa shape index (κ1) is 16.5. The number of amides is 1. The molecule has 2 aromatic carbocycles. The first-order valence-electron chi connectivity index (χ1n) is 7.24. The molecule has 0 unspecified atom stereocenters. The van der Waals surface area contributed by atoms with Crippen LogP contribution in [-0.2, 0) is 0 Å². The van der Waals surface area contributed by atoms with Crippen LogP contribution in [-0.4, -0.2) is 36.0 Å². The van der Waals surface area contributed by atoms with Crippen molar-refractivity contribution < 1.29 is 14.7 Å². The summed E-state index contributed by atoms with van der Waals surface area (Å²) in [4.78, 5) is 25.1. The summed E-state index contributed by atoms with van der Waals surface area (Å²) in [5.41, 5.74) is 3.78. The quantitative estimate of drug-likeness (QED) is 0.907. The van der Waals surface area contributed by atoms with Crippen LogP contribution in [0, 0.1) is 13.8 Å². The Morgan fingerprint density at radius 2 is 1.65 bits per heavy atom. The number of anilines is 2. The minimum absolute atomic E-state index is 0.0860. The fourth-order valence-electron chi connectivity index (χ4n) is 2.43. The van der Waals surface area contributed by atoms with Crippen molar-refractivity contribution in [2.45, 2.75) is 13.8 Å². The highest BCUT2D eigenvalue weighted by atomic mass is 16.4. The number of aryl methyl sites for hydroxylation is 1. The summed E-state index contributed by atoms with van der Waals surface area (Å²) < 4.78 is 0. The van der Waals surface area contributed by atoms with Gasteiger partial charge in [0.05, 0.1) is 11.3 Å². The standard InChI is InChI=1S/C18H20N2O3/c1-11-9-10-13(17(21)20(3)4)12(2)16(11)19-15-8-6-5-7-14(15)18(22)23/h5-10,19H,1-4H3,(H,22,23). The molecule has 0 aromatic heterocycles. The minimum atomic E-state index is -0.996. The molecule has 5 nitrogen and oxygen atoms in total. The van der Waals surface area contributed by atoms with Crippen LogP contribution in [0.2, 0.25) is 0 Å². The maximum Gasteiger partial charge on any atom is 0.337 e. The third kappa shape index (κ3) is 3.34. The van der Waals surface area contributed by atoms with Gasteiger partial charge in [-0.25, -0.2) is 4.79 Å². The Bertz CT molecular complexity index is 767. The normalized spacial score (nSPS) is 10.3. The molecule has 0 fully saturated rings. The van der Waals surface area contributed by atoms with E-state index in [9.17, 15) is 14.7 Å². The summed E-state index contributed by atoms with van der Waals surface area (Å²) in [7, 11) is 3.41. The Hall–Kier alpha value is -2.82. The Morgan fingerprint density at radius 1 is 1.00 bits per heavy atom. The first-order valence-corrected chi connectivity index (χ1v) is 7.24. The van der Waals surface area contributed by atoms with Crippen molar-refractivity contribution in [1.82, 2.24) is 4.90 Å². The van der Waals surface area contributed by atoms with Gasteiger partial charge < -0.3 is 15.3 Å². The maximum atomic E-state index is 12.3. The number of carbonyl (C=O) groups is 2. The molecule has 2 N–H and O–H groups in total. The van der Waals surface area contributed by atoms with Gasteiger partial charge in [-0.3, -0.25) is 4.79 Å². The van der Waals surface area contributed by atoms with E-state index in [0.29, 0.717) is 11.3 Å². The third-order valence-electron chi connectivity index (χ3n) is 3.73. The number of rotatable bonds is 4. The second-order valence-corrected chi connectivity index (χ2v) is 5.61. The summed E-state index contributed by atoms with van der Waals surface area (Å²) in [5.74, 6) is -1.08. The smallest absolute Gasteiger partial charge is 0.337 e. The van der Waals surface area contributed by atoms with Crippen molar-refractivity contribution in [3.63, 3.8) is 0 Å². The van der Waals surface area contributed by atoms with E-state index < -0.39 is 5.97 Å². The van der Waals surface area contributed by atoms with Gasteiger partial charge in [0.25, 0.3) is 5.91 Å². The van der Waals surface area contributed by atoms with Gasteiger partial charge >= 0.3 is 5.97 Å². The molecule has 0 saturated carbocycles. The van der Waals surface area contributed by atoms with E-state index in [4.69, 9.17) is 0 Å². The lowest BCUT2D eigenvalue weighted by Crippen LogP contribution is -2.23. The van der Waals surface area contributed by atoms with Crippen LogP contribution in [0.15, 0.2) is 36.4 Å². The van der Waals surface area contributed by atoms with Gasteiger partial charge in [0.15, 0.2) is 0 Å². The molecule has 0 saturated heterocycles. The summed E-state index contributed by atoms with van der Waals surface area (Å²) in [6.45, 7) is 3.78. The molecule has 0 aliphatic rings. The number of para-hydroxylation sites is 1. The molecule has 0 atom stereocenters. The second kappa shape index (κ2) is 6.52. The molecular formula is C18H20N2O3. The molecule has 0 spiro atoms. The fourth-order valence-corrected chi connectivity index (χ4v) is 2.43. The predicted octanol–water partition coefficient (Wildman–Crippen LogP) is 3.45. The highest BCUT2D eigenvalue weighted by molar-refractivity contribution is 5.99. The zero-order valence-corrected chi connectivity index (χ0v) is 13.7. The number of benzene rings is 2. The van der Waals surface area contributed by atoms with Crippen LogP contribution in [0.5, 0.6) is 0 Å². The lowest BCUT2D eigenvalue weighted by atomic mass is 10.0. The number of aromatic carboxylic acids is 1. The van der Waals surface area contributed by atoms with E-state index in [0.717, 1.165) is 16.8 Å². The molecule has 23 heavy (non-hydrogen) atoms. The van der Waals surface area contributed by atoms with E-state index in [1.807, 2.05) is 19.9 Å². The van der Waals surface area contributed by atoms with Crippen LogP contribution in [0.3, 0.4) is 0 Å². The average Bonchev–Trinajstić information content (AvgIpc) is 2.51. The van der Waals surface area contributed by atoms with Crippen molar-refractivity contribution in [2.24, 2.45) is 0 Å². The van der Waals surface area contributed by atoms with Crippen LogP contribution in [0.4, 0.5) is 11.4 Å². The number of hydrogen-bond donors (Lipinski definition) is 2. The molecule has 0 heterocycles. The van der Waals surface area contributed by atoms with Crippen LogP contribution >= 0.6 is 0 Å². The van der Waals surface area contributed by atoms with Gasteiger partial charge in [-0.15, -0.1) is 0 Å². The second-order valence-electron chi connectivity index (χ2n) is 5.61. The number of carboxylic acid groups (broad SMARTS) is 1. The van der Waals surface area contributed by atoms with Crippen molar-refractivity contribution in [2.75, 3.05) is 19.4 Å². The number of nitrogens with zero attached hydrogens (tertiary/aromatic N) is 1. The zero-order chi connectivity index (χ0) is 17.1.